The van der Waals surface area contributed by atoms with Gasteiger partial charge in [0.05, 0.1) is 13.0 Å². The molecule has 1 aromatic rings. The van der Waals surface area contributed by atoms with Crippen LogP contribution in [0.15, 0.2) is 30.3 Å². The Bertz CT molecular complexity index is 392. The third-order valence-corrected chi connectivity index (χ3v) is 2.41. The van der Waals surface area contributed by atoms with Crippen LogP contribution in [0.3, 0.4) is 0 Å². The van der Waals surface area contributed by atoms with E-state index in [9.17, 15) is 9.59 Å². The summed E-state index contributed by atoms with van der Waals surface area (Å²) in [4.78, 5) is 22.9. The molecule has 0 unspecified atom stereocenters. The lowest BCUT2D eigenvalue weighted by atomic mass is 10.1. The molecule has 18 heavy (non-hydrogen) atoms. The van der Waals surface area contributed by atoms with Crippen molar-refractivity contribution in [2.24, 2.45) is 5.73 Å². The smallest absolute Gasteiger partial charge is 0.239 e. The van der Waals surface area contributed by atoms with E-state index in [1.165, 1.54) is 0 Å². The largest absolute Gasteiger partial charge is 0.351 e. The van der Waals surface area contributed by atoms with Gasteiger partial charge in [0.1, 0.15) is 0 Å². The maximum Gasteiger partial charge on any atom is 0.239 e. The molecule has 2 amide bonds. The molecule has 1 aromatic carbocycles. The molecule has 0 aromatic heterocycles. The second-order valence-corrected chi connectivity index (χ2v) is 4.14. The van der Waals surface area contributed by atoms with Crippen LogP contribution in [0.25, 0.3) is 0 Å². The highest BCUT2D eigenvalue weighted by Crippen LogP contribution is 1.98. The number of nitrogens with two attached hydrogens (primary N) is 1. The van der Waals surface area contributed by atoms with Gasteiger partial charge in [0.25, 0.3) is 0 Å². The molecule has 0 heterocycles. The monoisotopic (exact) mass is 249 g/mol. The van der Waals surface area contributed by atoms with Crippen molar-refractivity contribution in [3.05, 3.63) is 35.9 Å². The van der Waals surface area contributed by atoms with E-state index in [-0.39, 0.29) is 30.8 Å². The van der Waals surface area contributed by atoms with Crippen LogP contribution in [0, 0.1) is 0 Å². The van der Waals surface area contributed by atoms with Gasteiger partial charge in [0.2, 0.25) is 11.8 Å². The number of rotatable bonds is 6. The molecule has 0 saturated heterocycles. The Morgan fingerprint density at radius 3 is 2.50 bits per heavy atom. The number of hydrogen-bond donors (Lipinski definition) is 3. The van der Waals surface area contributed by atoms with E-state index in [1.54, 1.807) is 0 Å². The summed E-state index contributed by atoms with van der Waals surface area (Å²) in [7, 11) is 0. The molecular weight excluding hydrogens is 230 g/mol. The first-order chi connectivity index (χ1) is 8.61. The van der Waals surface area contributed by atoms with Gasteiger partial charge in [-0.15, -0.1) is 0 Å². The van der Waals surface area contributed by atoms with Gasteiger partial charge in [0.15, 0.2) is 0 Å². The number of benzene rings is 1. The van der Waals surface area contributed by atoms with Gasteiger partial charge in [-0.25, -0.2) is 0 Å². The quantitative estimate of drug-likeness (QED) is 0.653. The van der Waals surface area contributed by atoms with Crippen LogP contribution in [0.4, 0.5) is 0 Å². The number of carbonyl (C=O) groups excluding carboxylic acids is 2. The molecule has 1 rings (SSSR count). The average Bonchev–Trinajstić information content (AvgIpc) is 2.37. The minimum atomic E-state index is -0.227. The maximum absolute atomic E-state index is 11.6. The molecule has 1 atom stereocenters. The number of nitrogens with one attached hydrogen (secondary N) is 2. The molecular formula is C13H19N3O2. The van der Waals surface area contributed by atoms with E-state index in [0.717, 1.165) is 5.56 Å². The van der Waals surface area contributed by atoms with Gasteiger partial charge in [-0.05, 0) is 12.5 Å². The van der Waals surface area contributed by atoms with E-state index in [0.29, 0.717) is 6.54 Å². The summed E-state index contributed by atoms with van der Waals surface area (Å²) < 4.78 is 0. The summed E-state index contributed by atoms with van der Waals surface area (Å²) in [6, 6.07) is 9.30. The van der Waals surface area contributed by atoms with Crippen molar-refractivity contribution in [2.75, 3.05) is 13.1 Å². The number of hydrogen-bond acceptors (Lipinski definition) is 3. The van der Waals surface area contributed by atoms with Crippen molar-refractivity contribution < 1.29 is 9.59 Å². The van der Waals surface area contributed by atoms with Crippen molar-refractivity contribution in [1.82, 2.24) is 10.6 Å². The molecule has 5 nitrogen and oxygen atoms in total. The molecule has 0 radical (unpaired) electrons. The van der Waals surface area contributed by atoms with Crippen LogP contribution in [-0.2, 0) is 16.0 Å². The SMILES string of the molecule is C[C@@H](CN)NC(=O)CNC(=O)Cc1ccccc1. The molecule has 0 spiro atoms. The van der Waals surface area contributed by atoms with Gasteiger partial charge >= 0.3 is 0 Å². The van der Waals surface area contributed by atoms with E-state index in [1.807, 2.05) is 37.3 Å². The number of amides is 2. The first kappa shape index (κ1) is 14.2. The second kappa shape index (κ2) is 7.45. The first-order valence-electron chi connectivity index (χ1n) is 5.92. The second-order valence-electron chi connectivity index (χ2n) is 4.14. The summed E-state index contributed by atoms with van der Waals surface area (Å²) >= 11 is 0. The van der Waals surface area contributed by atoms with Crippen LogP contribution in [0.1, 0.15) is 12.5 Å². The third kappa shape index (κ3) is 5.45. The summed E-state index contributed by atoms with van der Waals surface area (Å²) in [6.07, 6.45) is 0.278. The lowest BCUT2D eigenvalue weighted by Crippen LogP contribution is -2.43. The van der Waals surface area contributed by atoms with Crippen molar-refractivity contribution >= 4 is 11.8 Å². The van der Waals surface area contributed by atoms with E-state index in [4.69, 9.17) is 5.73 Å². The predicted octanol–water partition coefficient (Wildman–Crippen LogP) is -0.191. The van der Waals surface area contributed by atoms with Gasteiger partial charge < -0.3 is 16.4 Å². The minimum absolute atomic E-state index is 0.0179. The molecule has 0 aliphatic heterocycles. The molecule has 0 aliphatic carbocycles. The van der Waals surface area contributed by atoms with Crippen LogP contribution in [0.2, 0.25) is 0 Å². The number of carbonyl (C=O) groups is 2. The van der Waals surface area contributed by atoms with Crippen molar-refractivity contribution in [3.8, 4) is 0 Å². The molecule has 5 heteroatoms. The van der Waals surface area contributed by atoms with Crippen LogP contribution in [-0.4, -0.2) is 30.9 Å². The molecule has 0 aliphatic rings. The van der Waals surface area contributed by atoms with Gasteiger partial charge in [-0.3, -0.25) is 9.59 Å². The summed E-state index contributed by atoms with van der Waals surface area (Å²) in [5.41, 5.74) is 6.30. The summed E-state index contributed by atoms with van der Waals surface area (Å²) in [5, 5.41) is 5.24. The van der Waals surface area contributed by atoms with Crippen molar-refractivity contribution in [1.29, 1.82) is 0 Å². The first-order valence-corrected chi connectivity index (χ1v) is 5.92. The third-order valence-electron chi connectivity index (χ3n) is 2.41. The standard InChI is InChI=1S/C13H19N3O2/c1-10(8-14)16-13(18)9-15-12(17)7-11-5-3-2-4-6-11/h2-6,10H,7-9,14H2,1H3,(H,15,17)(H,16,18)/t10-/m0/s1. The highest BCUT2D eigenvalue weighted by Gasteiger charge is 2.08. The van der Waals surface area contributed by atoms with Gasteiger partial charge in [-0.1, -0.05) is 30.3 Å². The zero-order valence-electron chi connectivity index (χ0n) is 10.5. The van der Waals surface area contributed by atoms with Crippen LogP contribution >= 0.6 is 0 Å². The molecule has 0 bridgehead atoms. The summed E-state index contributed by atoms with van der Waals surface area (Å²) in [5.74, 6) is -0.397. The highest BCUT2D eigenvalue weighted by molar-refractivity contribution is 5.85. The van der Waals surface area contributed by atoms with Gasteiger partial charge in [0, 0.05) is 12.6 Å². The summed E-state index contributed by atoms with van der Waals surface area (Å²) in [6.45, 7) is 2.17. The Morgan fingerprint density at radius 2 is 1.89 bits per heavy atom. The van der Waals surface area contributed by atoms with Crippen LogP contribution < -0.4 is 16.4 Å². The Hall–Kier alpha value is -1.88. The van der Waals surface area contributed by atoms with E-state index >= 15 is 0 Å². The topological polar surface area (TPSA) is 84.2 Å². The Morgan fingerprint density at radius 1 is 1.22 bits per heavy atom. The Labute approximate surface area is 107 Å². The molecule has 0 saturated carbocycles. The fourth-order valence-electron chi connectivity index (χ4n) is 1.41. The predicted molar refractivity (Wildman–Crippen MR) is 69.8 cm³/mol. The van der Waals surface area contributed by atoms with Crippen LogP contribution in [0.5, 0.6) is 0 Å². The highest BCUT2D eigenvalue weighted by atomic mass is 16.2. The maximum atomic E-state index is 11.6. The van der Waals surface area contributed by atoms with E-state index < -0.39 is 0 Å². The molecule has 0 fully saturated rings. The zero-order valence-corrected chi connectivity index (χ0v) is 10.5. The Kier molecular flexibility index (Phi) is 5.87. The Balaban J connectivity index is 2.27. The normalized spacial score (nSPS) is 11.7. The molecule has 98 valence electrons. The van der Waals surface area contributed by atoms with Crippen molar-refractivity contribution in [2.45, 2.75) is 19.4 Å². The van der Waals surface area contributed by atoms with E-state index in [2.05, 4.69) is 10.6 Å². The fraction of sp³-hybridized carbons (Fsp3) is 0.385. The van der Waals surface area contributed by atoms with Crippen molar-refractivity contribution in [3.63, 3.8) is 0 Å². The average molecular weight is 249 g/mol. The minimum Gasteiger partial charge on any atom is -0.351 e. The van der Waals surface area contributed by atoms with Gasteiger partial charge in [-0.2, -0.15) is 0 Å². The lowest BCUT2D eigenvalue weighted by molar-refractivity contribution is -0.126. The lowest BCUT2D eigenvalue weighted by Gasteiger charge is -2.11. The molecule has 4 N–H and O–H groups in total. The zero-order chi connectivity index (χ0) is 13.4. The fourth-order valence-corrected chi connectivity index (χ4v) is 1.41.